The van der Waals surface area contributed by atoms with E-state index in [1.54, 1.807) is 0 Å². The molecule has 0 atom stereocenters. The van der Waals surface area contributed by atoms with Gasteiger partial charge in [0.15, 0.2) is 0 Å². The lowest BCUT2D eigenvalue weighted by Gasteiger charge is -2.17. The Hall–Kier alpha value is -2.07. The molecule has 35 heavy (non-hydrogen) atoms. The molecule has 0 aliphatic rings. The lowest BCUT2D eigenvalue weighted by molar-refractivity contribution is 0.292. The second-order valence-electron chi connectivity index (χ2n) is 9.05. The molecule has 2 aromatic carbocycles. The highest BCUT2D eigenvalue weighted by Crippen LogP contribution is 2.39. The minimum Gasteiger partial charge on any atom is -0.493 e. The molecule has 0 fully saturated rings. The molecular formula is C29H43O5P. The van der Waals surface area contributed by atoms with Crippen LogP contribution in [-0.2, 0) is 4.57 Å². The van der Waals surface area contributed by atoms with E-state index in [1.165, 1.54) is 0 Å². The van der Waals surface area contributed by atoms with E-state index in [0.29, 0.717) is 19.6 Å². The molecule has 2 aromatic rings. The van der Waals surface area contributed by atoms with Crippen molar-refractivity contribution in [1.29, 1.82) is 0 Å². The second kappa shape index (κ2) is 17.4. The van der Waals surface area contributed by atoms with E-state index in [0.717, 1.165) is 93.3 Å². The van der Waals surface area contributed by atoms with E-state index in [-0.39, 0.29) is 6.16 Å². The molecule has 2 rings (SSSR count). The lowest BCUT2D eigenvalue weighted by Crippen LogP contribution is -2.03. The molecule has 0 spiro atoms. The van der Waals surface area contributed by atoms with Gasteiger partial charge in [-0.3, -0.25) is 4.57 Å². The summed E-state index contributed by atoms with van der Waals surface area (Å²) in [5.41, 5.74) is 2.12. The molecule has 0 aliphatic heterocycles. The van der Waals surface area contributed by atoms with Gasteiger partial charge in [-0.2, -0.15) is 0 Å². The molecule has 2 N–H and O–H groups in total. The number of unbranched alkanes of at least 4 members (excludes halogenated alkanes) is 10. The van der Waals surface area contributed by atoms with Crippen molar-refractivity contribution in [3.8, 4) is 22.6 Å². The molecule has 194 valence electrons. The molecule has 5 nitrogen and oxygen atoms in total. The topological polar surface area (TPSA) is 76.0 Å². The average Bonchev–Trinajstić information content (AvgIpc) is 2.84. The van der Waals surface area contributed by atoms with E-state index < -0.39 is 7.60 Å². The molecule has 0 bridgehead atoms. The average molecular weight is 503 g/mol. The Bertz CT molecular complexity index is 878. The maximum Gasteiger partial charge on any atom is 0.325 e. The van der Waals surface area contributed by atoms with Gasteiger partial charge in [0.2, 0.25) is 0 Å². The molecule has 0 aromatic heterocycles. The van der Waals surface area contributed by atoms with Crippen molar-refractivity contribution in [2.45, 2.75) is 77.0 Å². The van der Waals surface area contributed by atoms with E-state index in [1.807, 2.05) is 42.5 Å². The zero-order valence-electron chi connectivity index (χ0n) is 21.1. The second-order valence-corrected chi connectivity index (χ2v) is 10.8. The van der Waals surface area contributed by atoms with Gasteiger partial charge in [-0.1, -0.05) is 81.0 Å². The zero-order valence-corrected chi connectivity index (χ0v) is 22.0. The summed E-state index contributed by atoms with van der Waals surface area (Å²) in [5.74, 6) is 1.74. The number of benzene rings is 2. The van der Waals surface area contributed by atoms with Gasteiger partial charge < -0.3 is 19.3 Å². The molecule has 6 heteroatoms. The zero-order chi connectivity index (χ0) is 25.2. The third-order valence-corrected chi connectivity index (χ3v) is 6.86. The molecule has 0 radical (unpaired) electrons. The SMILES string of the molecule is C=CCCCCCOc1cccc(OCCCCCCCCCCP(=O)(O)O)c1-c1ccccc1. The Morgan fingerprint density at radius 1 is 0.686 bits per heavy atom. The van der Waals surface area contributed by atoms with E-state index in [2.05, 4.69) is 18.7 Å². The first-order valence-electron chi connectivity index (χ1n) is 13.1. The highest BCUT2D eigenvalue weighted by molar-refractivity contribution is 7.51. The van der Waals surface area contributed by atoms with Crippen molar-refractivity contribution >= 4 is 7.60 Å². The van der Waals surface area contributed by atoms with Crippen molar-refractivity contribution in [2.24, 2.45) is 0 Å². The van der Waals surface area contributed by atoms with E-state index in [4.69, 9.17) is 19.3 Å². The van der Waals surface area contributed by atoms with Crippen molar-refractivity contribution in [3.63, 3.8) is 0 Å². The molecule has 0 unspecified atom stereocenters. The first-order chi connectivity index (χ1) is 17.0. The predicted molar refractivity (Wildman–Crippen MR) is 145 cm³/mol. The van der Waals surface area contributed by atoms with Gasteiger partial charge in [-0.25, -0.2) is 0 Å². The van der Waals surface area contributed by atoms with Crippen LogP contribution in [0.1, 0.15) is 77.0 Å². The van der Waals surface area contributed by atoms with Crippen LogP contribution in [0.15, 0.2) is 61.2 Å². The number of hydrogen-bond donors (Lipinski definition) is 2. The largest absolute Gasteiger partial charge is 0.493 e. The van der Waals surface area contributed by atoms with Crippen LogP contribution in [0.25, 0.3) is 11.1 Å². The Morgan fingerprint density at radius 3 is 1.74 bits per heavy atom. The van der Waals surface area contributed by atoms with Gasteiger partial charge in [0.1, 0.15) is 11.5 Å². The van der Waals surface area contributed by atoms with Crippen molar-refractivity contribution in [3.05, 3.63) is 61.2 Å². The Morgan fingerprint density at radius 2 is 1.20 bits per heavy atom. The van der Waals surface area contributed by atoms with Crippen LogP contribution < -0.4 is 9.47 Å². The normalized spacial score (nSPS) is 11.4. The van der Waals surface area contributed by atoms with Crippen LogP contribution in [-0.4, -0.2) is 29.2 Å². The summed E-state index contributed by atoms with van der Waals surface area (Å²) in [5, 5.41) is 0. The summed E-state index contributed by atoms with van der Waals surface area (Å²) in [7, 11) is -3.83. The standard InChI is InChI=1S/C29H43O5P/c1-2-3-4-9-15-23-33-27-21-18-22-28(29(27)26-19-13-12-14-20-26)34-24-16-10-7-5-6-8-11-17-25-35(30,31)32/h2,12-14,18-22H,1,3-11,15-17,23-25H2,(H2,30,31,32). The fraction of sp³-hybridized carbons (Fsp3) is 0.517. The molecule has 0 heterocycles. The summed E-state index contributed by atoms with van der Waals surface area (Å²) in [6.45, 7) is 5.15. The van der Waals surface area contributed by atoms with E-state index in [9.17, 15) is 4.57 Å². The summed E-state index contributed by atoms with van der Waals surface area (Å²) in [6.07, 6.45) is 14.4. The van der Waals surface area contributed by atoms with Crippen LogP contribution in [0, 0.1) is 0 Å². The van der Waals surface area contributed by atoms with Gasteiger partial charge in [0, 0.05) is 6.16 Å². The summed E-state index contributed by atoms with van der Waals surface area (Å²) in [4.78, 5) is 17.8. The van der Waals surface area contributed by atoms with Crippen molar-refractivity contribution in [2.75, 3.05) is 19.4 Å². The van der Waals surface area contributed by atoms with Gasteiger partial charge >= 0.3 is 7.60 Å². The Kier molecular flexibility index (Phi) is 14.5. The van der Waals surface area contributed by atoms with E-state index >= 15 is 0 Å². The molecule has 0 saturated carbocycles. The van der Waals surface area contributed by atoms with Crippen molar-refractivity contribution in [1.82, 2.24) is 0 Å². The monoisotopic (exact) mass is 502 g/mol. The van der Waals surface area contributed by atoms with Crippen LogP contribution in [0.5, 0.6) is 11.5 Å². The third-order valence-electron chi connectivity index (χ3n) is 5.96. The first-order valence-corrected chi connectivity index (χ1v) is 14.9. The first kappa shape index (κ1) is 29.2. The number of rotatable bonds is 20. The van der Waals surface area contributed by atoms with Gasteiger partial charge in [-0.05, 0) is 56.2 Å². The quantitative estimate of drug-likeness (QED) is 0.109. The van der Waals surface area contributed by atoms with Gasteiger partial charge in [-0.15, -0.1) is 6.58 Å². The fourth-order valence-corrected chi connectivity index (χ4v) is 4.69. The summed E-state index contributed by atoms with van der Waals surface area (Å²) >= 11 is 0. The number of ether oxygens (including phenoxy) is 2. The fourth-order valence-electron chi connectivity index (χ4n) is 4.05. The molecule has 0 aliphatic carbocycles. The molecule has 0 amide bonds. The maximum atomic E-state index is 10.9. The highest BCUT2D eigenvalue weighted by atomic mass is 31.2. The Balaban J connectivity index is 1.76. The summed E-state index contributed by atoms with van der Waals surface area (Å²) in [6, 6.07) is 16.3. The van der Waals surface area contributed by atoms with Crippen LogP contribution in [0.4, 0.5) is 0 Å². The minimum atomic E-state index is -3.83. The summed E-state index contributed by atoms with van der Waals surface area (Å²) < 4.78 is 23.3. The smallest absolute Gasteiger partial charge is 0.325 e. The van der Waals surface area contributed by atoms with Crippen LogP contribution in [0.3, 0.4) is 0 Å². The lowest BCUT2D eigenvalue weighted by atomic mass is 10.0. The number of hydrogen-bond acceptors (Lipinski definition) is 3. The maximum absolute atomic E-state index is 10.9. The molecule has 0 saturated heterocycles. The van der Waals surface area contributed by atoms with Gasteiger partial charge in [0.25, 0.3) is 0 Å². The number of allylic oxidation sites excluding steroid dienone is 1. The minimum absolute atomic E-state index is 0.0112. The third kappa shape index (κ3) is 13.0. The van der Waals surface area contributed by atoms with Gasteiger partial charge in [0.05, 0.1) is 18.8 Å². The van der Waals surface area contributed by atoms with Crippen LogP contribution in [0.2, 0.25) is 0 Å². The highest BCUT2D eigenvalue weighted by Gasteiger charge is 2.13. The van der Waals surface area contributed by atoms with Crippen molar-refractivity contribution < 1.29 is 23.8 Å². The molecular weight excluding hydrogens is 459 g/mol. The predicted octanol–water partition coefficient (Wildman–Crippen LogP) is 8.16. The van der Waals surface area contributed by atoms with Crippen LogP contribution >= 0.6 is 7.60 Å². The Labute approximate surface area is 211 Å².